The minimum Gasteiger partial charge on any atom is -0.312 e. The van der Waals surface area contributed by atoms with Crippen LogP contribution in [0.5, 0.6) is 0 Å². The minimum atomic E-state index is -0.307. The first-order chi connectivity index (χ1) is 14.6. The number of rotatable bonds is 2. The van der Waals surface area contributed by atoms with Crippen molar-refractivity contribution < 1.29 is 9.18 Å². The van der Waals surface area contributed by atoms with Gasteiger partial charge in [0.15, 0.2) is 0 Å². The van der Waals surface area contributed by atoms with Crippen LogP contribution < -0.4 is 5.32 Å². The molecule has 0 unspecified atom stereocenters. The summed E-state index contributed by atoms with van der Waals surface area (Å²) in [5.74, 6) is -0.307. The van der Waals surface area contributed by atoms with Crippen LogP contribution in [-0.4, -0.2) is 15.5 Å². The topological polar surface area (TPSA) is 37.3 Å². The van der Waals surface area contributed by atoms with Crippen molar-refractivity contribution in [1.82, 2.24) is 9.47 Å². The molecule has 1 aromatic carbocycles. The highest BCUT2D eigenvalue weighted by atomic mass is 32.1. The predicted octanol–water partition coefficient (Wildman–Crippen LogP) is 6.36. The largest absolute Gasteiger partial charge is 0.322 e. The van der Waals surface area contributed by atoms with Crippen LogP contribution in [0, 0.1) is 12.7 Å². The number of amides is 2. The molecule has 6 heteroatoms. The first-order valence-electron chi connectivity index (χ1n) is 10.7. The number of hydrogen-bond acceptors (Lipinski definition) is 2. The maximum atomic E-state index is 14.0. The van der Waals surface area contributed by atoms with Crippen molar-refractivity contribution in [2.24, 2.45) is 0 Å². The first kappa shape index (κ1) is 19.4. The number of benzene rings is 1. The third-order valence-electron chi connectivity index (χ3n) is 6.38. The van der Waals surface area contributed by atoms with E-state index in [4.69, 9.17) is 0 Å². The summed E-state index contributed by atoms with van der Waals surface area (Å²) in [6.07, 6.45) is 7.61. The van der Waals surface area contributed by atoms with E-state index < -0.39 is 0 Å². The lowest BCUT2D eigenvalue weighted by Crippen LogP contribution is -2.37. The Hall–Kier alpha value is -2.60. The number of halogens is 1. The molecule has 0 saturated heterocycles. The van der Waals surface area contributed by atoms with E-state index in [0.29, 0.717) is 17.8 Å². The molecule has 2 amide bonds. The standard InChI is InChI=1S/C24H26FN3OS/c1-3-20-21-8-6-12-27(21)23-18(17-7-4-5-9-22(17)30-23)14-28(20)24(29)26-16-11-10-15(2)19(25)13-16/h6,8,10-13,20H,3-5,7,9,14H2,1-2H3,(H,26,29)/t20-/m1/s1. The van der Waals surface area contributed by atoms with Crippen LogP contribution >= 0.6 is 11.3 Å². The van der Waals surface area contributed by atoms with Gasteiger partial charge in [-0.25, -0.2) is 9.18 Å². The zero-order valence-corrected chi connectivity index (χ0v) is 18.2. The molecule has 1 aliphatic carbocycles. The van der Waals surface area contributed by atoms with Gasteiger partial charge in [-0.05, 0) is 74.4 Å². The molecule has 0 saturated carbocycles. The van der Waals surface area contributed by atoms with Crippen molar-refractivity contribution in [2.75, 3.05) is 5.32 Å². The van der Waals surface area contributed by atoms with Gasteiger partial charge >= 0.3 is 6.03 Å². The molecule has 1 N–H and O–H groups in total. The lowest BCUT2D eigenvalue weighted by Gasteiger charge is -2.30. The number of anilines is 1. The number of nitrogens with zero attached hydrogens (tertiary/aromatic N) is 2. The summed E-state index contributed by atoms with van der Waals surface area (Å²) in [5.41, 5.74) is 4.93. The normalized spacial score (nSPS) is 17.7. The maximum absolute atomic E-state index is 14.0. The SMILES string of the molecule is CC[C@@H]1c2cccn2-c2sc3c(c2CN1C(=O)Nc1ccc(C)c(F)c1)CCCC3. The van der Waals surface area contributed by atoms with E-state index in [1.807, 2.05) is 16.2 Å². The van der Waals surface area contributed by atoms with Crippen molar-refractivity contribution in [3.8, 4) is 5.00 Å². The fourth-order valence-corrected chi connectivity index (χ4v) is 6.18. The van der Waals surface area contributed by atoms with E-state index in [1.165, 1.54) is 39.9 Å². The van der Waals surface area contributed by atoms with E-state index in [-0.39, 0.29) is 17.9 Å². The quantitative estimate of drug-likeness (QED) is 0.511. The minimum absolute atomic E-state index is 0.0332. The average molecular weight is 424 g/mol. The van der Waals surface area contributed by atoms with Gasteiger partial charge in [-0.2, -0.15) is 0 Å². The molecule has 1 aliphatic heterocycles. The summed E-state index contributed by atoms with van der Waals surface area (Å²) in [6.45, 7) is 4.42. The van der Waals surface area contributed by atoms with Crippen molar-refractivity contribution in [2.45, 2.75) is 58.5 Å². The molecule has 5 rings (SSSR count). The van der Waals surface area contributed by atoms with Crippen molar-refractivity contribution in [3.05, 3.63) is 69.6 Å². The van der Waals surface area contributed by atoms with E-state index in [1.54, 1.807) is 19.1 Å². The number of carbonyl (C=O) groups excluding carboxylic acids is 1. The lowest BCUT2D eigenvalue weighted by molar-refractivity contribution is 0.181. The summed E-state index contributed by atoms with van der Waals surface area (Å²) < 4.78 is 16.3. The Morgan fingerprint density at radius 3 is 2.87 bits per heavy atom. The van der Waals surface area contributed by atoms with Gasteiger partial charge in [0.05, 0.1) is 12.6 Å². The third-order valence-corrected chi connectivity index (χ3v) is 7.71. The van der Waals surface area contributed by atoms with E-state index in [0.717, 1.165) is 25.0 Å². The summed E-state index contributed by atoms with van der Waals surface area (Å²) in [5, 5.41) is 4.20. The highest BCUT2D eigenvalue weighted by Gasteiger charge is 2.34. The molecule has 0 spiro atoms. The molecule has 156 valence electrons. The number of aromatic nitrogens is 1. The van der Waals surface area contributed by atoms with Crippen LogP contribution in [0.1, 0.15) is 59.5 Å². The Morgan fingerprint density at radius 2 is 2.07 bits per heavy atom. The Balaban J connectivity index is 1.55. The van der Waals surface area contributed by atoms with Crippen molar-refractivity contribution in [1.29, 1.82) is 0 Å². The fourth-order valence-electron chi connectivity index (χ4n) is 4.77. The second-order valence-electron chi connectivity index (χ2n) is 8.24. The Labute approximate surface area is 180 Å². The summed E-state index contributed by atoms with van der Waals surface area (Å²) in [4.78, 5) is 16.8. The molecule has 1 atom stereocenters. The molecule has 0 bridgehead atoms. The molecule has 0 fully saturated rings. The molecule has 30 heavy (non-hydrogen) atoms. The fraction of sp³-hybridized carbons (Fsp3) is 0.375. The zero-order chi connectivity index (χ0) is 20.8. The van der Waals surface area contributed by atoms with Gasteiger partial charge in [0.25, 0.3) is 0 Å². The number of hydrogen-bond donors (Lipinski definition) is 1. The number of nitrogens with one attached hydrogen (secondary N) is 1. The van der Waals surface area contributed by atoms with E-state index >= 15 is 0 Å². The number of fused-ring (bicyclic) bond motifs is 5. The molecular weight excluding hydrogens is 397 g/mol. The molecule has 0 radical (unpaired) electrons. The second-order valence-corrected chi connectivity index (χ2v) is 9.33. The average Bonchev–Trinajstić information content (AvgIpc) is 3.33. The van der Waals surface area contributed by atoms with Gasteiger partial charge in [0.2, 0.25) is 0 Å². The summed E-state index contributed by atoms with van der Waals surface area (Å²) in [7, 11) is 0. The molecule has 2 aromatic heterocycles. The Kier molecular flexibility index (Phi) is 4.89. The number of thiophene rings is 1. The van der Waals surface area contributed by atoms with Crippen LogP contribution in [0.4, 0.5) is 14.9 Å². The Morgan fingerprint density at radius 1 is 1.23 bits per heavy atom. The van der Waals surface area contributed by atoms with Gasteiger partial charge < -0.3 is 14.8 Å². The zero-order valence-electron chi connectivity index (χ0n) is 17.4. The van der Waals surface area contributed by atoms with Gasteiger partial charge in [-0.1, -0.05) is 13.0 Å². The Bertz CT molecular complexity index is 1120. The second kappa shape index (κ2) is 7.58. The summed E-state index contributed by atoms with van der Waals surface area (Å²) >= 11 is 1.89. The van der Waals surface area contributed by atoms with Gasteiger partial charge in [0, 0.05) is 28.0 Å². The highest BCUT2D eigenvalue weighted by molar-refractivity contribution is 7.15. The number of urea groups is 1. The van der Waals surface area contributed by atoms with Crippen LogP contribution in [-0.2, 0) is 19.4 Å². The lowest BCUT2D eigenvalue weighted by atomic mass is 9.95. The number of carbonyl (C=O) groups is 1. The van der Waals surface area contributed by atoms with Crippen molar-refractivity contribution >= 4 is 23.1 Å². The van der Waals surface area contributed by atoms with Crippen LogP contribution in [0.15, 0.2) is 36.5 Å². The smallest absolute Gasteiger partial charge is 0.312 e. The van der Waals surface area contributed by atoms with Crippen LogP contribution in [0.2, 0.25) is 0 Å². The maximum Gasteiger partial charge on any atom is 0.322 e. The number of aryl methyl sites for hydroxylation is 2. The highest BCUT2D eigenvalue weighted by Crippen LogP contribution is 2.43. The summed E-state index contributed by atoms with van der Waals surface area (Å²) in [6, 6.07) is 8.83. The predicted molar refractivity (Wildman–Crippen MR) is 119 cm³/mol. The van der Waals surface area contributed by atoms with Gasteiger partial charge in [-0.15, -0.1) is 11.3 Å². The first-order valence-corrected chi connectivity index (χ1v) is 11.5. The monoisotopic (exact) mass is 423 g/mol. The third kappa shape index (κ3) is 3.14. The molecule has 3 heterocycles. The molecule has 4 nitrogen and oxygen atoms in total. The van der Waals surface area contributed by atoms with Crippen LogP contribution in [0.25, 0.3) is 5.00 Å². The molecule has 2 aliphatic rings. The molecular formula is C24H26FN3OS. The van der Waals surface area contributed by atoms with Crippen LogP contribution in [0.3, 0.4) is 0 Å². The van der Waals surface area contributed by atoms with Crippen molar-refractivity contribution in [3.63, 3.8) is 0 Å². The van der Waals surface area contributed by atoms with E-state index in [2.05, 4.69) is 35.1 Å². The van der Waals surface area contributed by atoms with E-state index in [9.17, 15) is 9.18 Å². The van der Waals surface area contributed by atoms with Gasteiger partial charge in [-0.3, -0.25) is 0 Å². The van der Waals surface area contributed by atoms with Gasteiger partial charge in [0.1, 0.15) is 10.8 Å². The molecule has 3 aromatic rings.